The molecule has 0 atom stereocenters. The van der Waals surface area contributed by atoms with Crippen molar-refractivity contribution in [2.24, 2.45) is 0 Å². The number of carbonyl (C=O) groups is 1. The summed E-state index contributed by atoms with van der Waals surface area (Å²) in [7, 11) is 0. The third kappa shape index (κ3) is 3.89. The van der Waals surface area contributed by atoms with E-state index in [9.17, 15) is 9.18 Å². The van der Waals surface area contributed by atoms with Crippen molar-refractivity contribution in [3.63, 3.8) is 0 Å². The van der Waals surface area contributed by atoms with Gasteiger partial charge in [0.25, 0.3) is 5.91 Å². The molecule has 1 heterocycles. The Morgan fingerprint density at radius 2 is 1.95 bits per heavy atom. The fraction of sp³-hybridized carbons (Fsp3) is 0.267. The number of thiophene rings is 1. The molecule has 0 saturated carbocycles. The molecule has 1 N–H and O–H groups in total. The zero-order valence-electron chi connectivity index (χ0n) is 10.8. The molecule has 0 spiro atoms. The van der Waals surface area contributed by atoms with Crippen LogP contribution in [0.4, 0.5) is 4.39 Å². The van der Waals surface area contributed by atoms with E-state index in [1.54, 1.807) is 12.1 Å². The average molecular weight is 277 g/mol. The van der Waals surface area contributed by atoms with Gasteiger partial charge in [-0.2, -0.15) is 0 Å². The maximum Gasteiger partial charge on any atom is 0.261 e. The number of hydrogen-bond acceptors (Lipinski definition) is 2. The van der Waals surface area contributed by atoms with Gasteiger partial charge in [0, 0.05) is 11.4 Å². The second-order valence-corrected chi connectivity index (χ2v) is 5.42. The number of nitrogens with one attached hydrogen (secondary N) is 1. The standard InChI is InChI=1S/C15H16FNOS/c1-2-13-7-8-14(19-13)15(18)17-10-9-11-3-5-12(16)6-4-11/h3-8H,2,9-10H2,1H3,(H,17,18). The second-order valence-electron chi connectivity index (χ2n) is 4.25. The first-order valence-electron chi connectivity index (χ1n) is 6.30. The van der Waals surface area contributed by atoms with E-state index in [1.165, 1.54) is 28.3 Å². The highest BCUT2D eigenvalue weighted by molar-refractivity contribution is 7.14. The summed E-state index contributed by atoms with van der Waals surface area (Å²) in [5.41, 5.74) is 1.02. The summed E-state index contributed by atoms with van der Waals surface area (Å²) in [6, 6.07) is 10.2. The molecule has 0 aliphatic carbocycles. The molecule has 0 aliphatic heterocycles. The summed E-state index contributed by atoms with van der Waals surface area (Å²) in [6.07, 6.45) is 1.66. The van der Waals surface area contributed by atoms with Crippen LogP contribution >= 0.6 is 11.3 Å². The Morgan fingerprint density at radius 3 is 2.58 bits per heavy atom. The summed E-state index contributed by atoms with van der Waals surface area (Å²) in [5.74, 6) is -0.273. The molecule has 100 valence electrons. The maximum absolute atomic E-state index is 12.7. The van der Waals surface area contributed by atoms with Gasteiger partial charge < -0.3 is 5.32 Å². The van der Waals surface area contributed by atoms with Crippen molar-refractivity contribution in [2.75, 3.05) is 6.54 Å². The zero-order chi connectivity index (χ0) is 13.7. The topological polar surface area (TPSA) is 29.1 Å². The quantitative estimate of drug-likeness (QED) is 0.891. The molecule has 1 aromatic carbocycles. The Kier molecular flexibility index (Phi) is 4.68. The van der Waals surface area contributed by atoms with E-state index in [-0.39, 0.29) is 11.7 Å². The van der Waals surface area contributed by atoms with Crippen LogP contribution in [0, 0.1) is 5.82 Å². The van der Waals surface area contributed by atoms with E-state index in [1.807, 2.05) is 12.1 Å². The number of benzene rings is 1. The molecule has 0 fully saturated rings. The Bertz CT molecular complexity index is 548. The average Bonchev–Trinajstić information content (AvgIpc) is 2.90. The highest BCUT2D eigenvalue weighted by Crippen LogP contribution is 2.16. The number of carbonyl (C=O) groups excluding carboxylic acids is 1. The van der Waals surface area contributed by atoms with Gasteiger partial charge in [-0.1, -0.05) is 19.1 Å². The smallest absolute Gasteiger partial charge is 0.261 e. The minimum atomic E-state index is -0.238. The Hall–Kier alpha value is -1.68. The fourth-order valence-corrected chi connectivity index (χ4v) is 2.61. The molecule has 0 aliphatic rings. The first kappa shape index (κ1) is 13.7. The van der Waals surface area contributed by atoms with Gasteiger partial charge in [-0.3, -0.25) is 4.79 Å². The van der Waals surface area contributed by atoms with Gasteiger partial charge >= 0.3 is 0 Å². The number of amides is 1. The Morgan fingerprint density at radius 1 is 1.21 bits per heavy atom. The molecule has 0 radical (unpaired) electrons. The summed E-state index contributed by atoms with van der Waals surface area (Å²) in [6.45, 7) is 2.63. The van der Waals surface area contributed by atoms with Crippen molar-refractivity contribution in [3.8, 4) is 0 Å². The molecular formula is C15H16FNOS. The second kappa shape index (κ2) is 6.48. The number of aryl methyl sites for hydroxylation is 1. The lowest BCUT2D eigenvalue weighted by atomic mass is 10.1. The molecule has 1 aromatic heterocycles. The molecule has 2 rings (SSSR count). The van der Waals surface area contributed by atoms with E-state index in [2.05, 4.69) is 12.2 Å². The summed E-state index contributed by atoms with van der Waals surface area (Å²) in [4.78, 5) is 13.8. The molecule has 19 heavy (non-hydrogen) atoms. The van der Waals surface area contributed by atoms with Gasteiger partial charge in [-0.05, 0) is 42.7 Å². The molecule has 0 unspecified atom stereocenters. The summed E-state index contributed by atoms with van der Waals surface area (Å²) >= 11 is 1.53. The van der Waals surface area contributed by atoms with Crippen LogP contribution < -0.4 is 5.32 Å². The van der Waals surface area contributed by atoms with Crippen molar-refractivity contribution >= 4 is 17.2 Å². The van der Waals surface area contributed by atoms with Crippen molar-refractivity contribution in [3.05, 3.63) is 57.5 Å². The first-order chi connectivity index (χ1) is 9.19. The largest absolute Gasteiger partial charge is 0.351 e. The van der Waals surface area contributed by atoms with Gasteiger partial charge in [0.1, 0.15) is 5.82 Å². The van der Waals surface area contributed by atoms with E-state index in [0.717, 1.165) is 16.9 Å². The minimum Gasteiger partial charge on any atom is -0.351 e. The fourth-order valence-electron chi connectivity index (χ4n) is 1.75. The predicted octanol–water partition coefficient (Wildman–Crippen LogP) is 3.42. The number of hydrogen-bond donors (Lipinski definition) is 1. The van der Waals surface area contributed by atoms with Crippen LogP contribution in [0.3, 0.4) is 0 Å². The molecule has 0 saturated heterocycles. The zero-order valence-corrected chi connectivity index (χ0v) is 11.6. The van der Waals surface area contributed by atoms with Crippen LogP contribution in [-0.2, 0) is 12.8 Å². The minimum absolute atomic E-state index is 0.0354. The molecule has 4 heteroatoms. The van der Waals surface area contributed by atoms with Gasteiger partial charge in [0.15, 0.2) is 0 Å². The summed E-state index contributed by atoms with van der Waals surface area (Å²) < 4.78 is 12.7. The molecule has 0 bridgehead atoms. The van der Waals surface area contributed by atoms with E-state index < -0.39 is 0 Å². The Balaban J connectivity index is 1.82. The highest BCUT2D eigenvalue weighted by Gasteiger charge is 2.07. The lowest BCUT2D eigenvalue weighted by Gasteiger charge is -2.03. The van der Waals surface area contributed by atoms with E-state index >= 15 is 0 Å². The molecular weight excluding hydrogens is 261 g/mol. The molecule has 2 nitrogen and oxygen atoms in total. The van der Waals surface area contributed by atoms with Crippen molar-refractivity contribution < 1.29 is 9.18 Å². The van der Waals surface area contributed by atoms with Gasteiger partial charge in [-0.25, -0.2) is 4.39 Å². The monoisotopic (exact) mass is 277 g/mol. The van der Waals surface area contributed by atoms with Crippen LogP contribution in [0.5, 0.6) is 0 Å². The normalized spacial score (nSPS) is 10.4. The number of rotatable bonds is 5. The van der Waals surface area contributed by atoms with Crippen LogP contribution in [0.25, 0.3) is 0 Å². The SMILES string of the molecule is CCc1ccc(C(=O)NCCc2ccc(F)cc2)s1. The van der Waals surface area contributed by atoms with E-state index in [0.29, 0.717) is 13.0 Å². The van der Waals surface area contributed by atoms with Gasteiger partial charge in [-0.15, -0.1) is 11.3 Å². The predicted molar refractivity (Wildman–Crippen MR) is 76.1 cm³/mol. The van der Waals surface area contributed by atoms with Crippen molar-refractivity contribution in [1.82, 2.24) is 5.32 Å². The third-order valence-corrected chi connectivity index (χ3v) is 4.07. The van der Waals surface area contributed by atoms with Crippen molar-refractivity contribution in [2.45, 2.75) is 19.8 Å². The van der Waals surface area contributed by atoms with Gasteiger partial charge in [0.05, 0.1) is 4.88 Å². The van der Waals surface area contributed by atoms with Gasteiger partial charge in [0.2, 0.25) is 0 Å². The lowest BCUT2D eigenvalue weighted by molar-refractivity contribution is 0.0958. The Labute approximate surface area is 116 Å². The maximum atomic E-state index is 12.7. The lowest BCUT2D eigenvalue weighted by Crippen LogP contribution is -2.24. The highest BCUT2D eigenvalue weighted by atomic mass is 32.1. The first-order valence-corrected chi connectivity index (χ1v) is 7.12. The third-order valence-electron chi connectivity index (χ3n) is 2.85. The summed E-state index contributed by atoms with van der Waals surface area (Å²) in [5, 5.41) is 2.88. The molecule has 2 aromatic rings. The van der Waals surface area contributed by atoms with Crippen LogP contribution in [0.1, 0.15) is 27.0 Å². The van der Waals surface area contributed by atoms with Crippen LogP contribution in [-0.4, -0.2) is 12.5 Å². The van der Waals surface area contributed by atoms with Crippen LogP contribution in [0.15, 0.2) is 36.4 Å². The van der Waals surface area contributed by atoms with Crippen LogP contribution in [0.2, 0.25) is 0 Å². The van der Waals surface area contributed by atoms with Crippen molar-refractivity contribution in [1.29, 1.82) is 0 Å². The number of halogens is 1. The van der Waals surface area contributed by atoms with E-state index in [4.69, 9.17) is 0 Å². The molecule has 1 amide bonds.